The first-order valence-electron chi connectivity index (χ1n) is 8.22. The fourth-order valence-corrected chi connectivity index (χ4v) is 2.94. The highest BCUT2D eigenvalue weighted by molar-refractivity contribution is 5.86. The molecule has 0 spiro atoms. The predicted octanol–water partition coefficient (Wildman–Crippen LogP) is 4.22. The van der Waals surface area contributed by atoms with Gasteiger partial charge in [0.05, 0.1) is 13.2 Å². The summed E-state index contributed by atoms with van der Waals surface area (Å²) in [6.45, 7) is 16.1. The van der Waals surface area contributed by atoms with E-state index >= 15 is 0 Å². The summed E-state index contributed by atoms with van der Waals surface area (Å²) in [7, 11) is 0. The molecule has 0 amide bonds. The molecule has 3 unspecified atom stereocenters. The van der Waals surface area contributed by atoms with Crippen molar-refractivity contribution >= 4 is 5.97 Å². The van der Waals surface area contributed by atoms with E-state index in [1.54, 1.807) is 6.92 Å². The zero-order valence-corrected chi connectivity index (χ0v) is 14.4. The Kier molecular flexibility index (Phi) is 6.92. The Balaban J connectivity index is 2.44. The second-order valence-corrected chi connectivity index (χ2v) is 7.08. The van der Waals surface area contributed by atoms with Crippen molar-refractivity contribution in [3.63, 3.8) is 0 Å². The van der Waals surface area contributed by atoms with Gasteiger partial charge in [-0.3, -0.25) is 0 Å². The quantitative estimate of drug-likeness (QED) is 0.447. The molecular formula is C18H32O3. The SMILES string of the molecule is C=C(C)C(=O)OCC(COCC)CC1CC1C(C)(C)CC. The number of ether oxygens (including phenoxy) is 2. The summed E-state index contributed by atoms with van der Waals surface area (Å²) in [5.41, 5.74) is 0.886. The minimum Gasteiger partial charge on any atom is -0.462 e. The van der Waals surface area contributed by atoms with E-state index in [1.807, 2.05) is 6.92 Å². The lowest BCUT2D eigenvalue weighted by molar-refractivity contribution is -0.141. The van der Waals surface area contributed by atoms with Gasteiger partial charge in [0.1, 0.15) is 0 Å². The molecule has 1 rings (SSSR count). The van der Waals surface area contributed by atoms with Gasteiger partial charge in [0.25, 0.3) is 0 Å². The van der Waals surface area contributed by atoms with Gasteiger partial charge in [-0.25, -0.2) is 4.79 Å². The molecule has 3 heteroatoms. The Morgan fingerprint density at radius 3 is 2.52 bits per heavy atom. The summed E-state index contributed by atoms with van der Waals surface area (Å²) in [5, 5.41) is 0. The van der Waals surface area contributed by atoms with E-state index in [-0.39, 0.29) is 5.97 Å². The molecule has 1 saturated carbocycles. The maximum atomic E-state index is 11.5. The van der Waals surface area contributed by atoms with Crippen LogP contribution < -0.4 is 0 Å². The van der Waals surface area contributed by atoms with Gasteiger partial charge in [-0.2, -0.15) is 0 Å². The molecule has 0 heterocycles. The highest BCUT2D eigenvalue weighted by Crippen LogP contribution is 2.54. The van der Waals surface area contributed by atoms with E-state index < -0.39 is 0 Å². The van der Waals surface area contributed by atoms with Crippen LogP contribution in [0.2, 0.25) is 0 Å². The third-order valence-electron chi connectivity index (χ3n) is 4.83. The average Bonchev–Trinajstić information content (AvgIpc) is 3.21. The van der Waals surface area contributed by atoms with E-state index in [9.17, 15) is 4.79 Å². The van der Waals surface area contributed by atoms with Crippen molar-refractivity contribution in [2.75, 3.05) is 19.8 Å². The van der Waals surface area contributed by atoms with Crippen molar-refractivity contribution in [3.8, 4) is 0 Å². The molecule has 122 valence electrons. The van der Waals surface area contributed by atoms with Crippen LogP contribution >= 0.6 is 0 Å². The summed E-state index contributed by atoms with van der Waals surface area (Å²) in [4.78, 5) is 11.5. The summed E-state index contributed by atoms with van der Waals surface area (Å²) in [5.74, 6) is 1.58. The Morgan fingerprint density at radius 1 is 1.33 bits per heavy atom. The predicted molar refractivity (Wildman–Crippen MR) is 86.0 cm³/mol. The molecule has 1 aliphatic rings. The van der Waals surface area contributed by atoms with Crippen LogP contribution in [0.3, 0.4) is 0 Å². The Bertz CT molecular complexity index is 359. The molecule has 1 aliphatic carbocycles. The first-order valence-corrected chi connectivity index (χ1v) is 8.22. The Hall–Kier alpha value is -0.830. The van der Waals surface area contributed by atoms with Crippen LogP contribution in [0.25, 0.3) is 0 Å². The first-order chi connectivity index (χ1) is 9.81. The van der Waals surface area contributed by atoms with Crippen molar-refractivity contribution < 1.29 is 14.3 Å². The molecule has 3 nitrogen and oxygen atoms in total. The normalized spacial score (nSPS) is 22.7. The van der Waals surface area contributed by atoms with E-state index in [0.29, 0.717) is 36.7 Å². The van der Waals surface area contributed by atoms with Crippen LogP contribution in [-0.2, 0) is 14.3 Å². The second-order valence-electron chi connectivity index (χ2n) is 7.08. The third kappa shape index (κ3) is 5.82. The topological polar surface area (TPSA) is 35.5 Å². The molecule has 0 N–H and O–H groups in total. The molecule has 0 bridgehead atoms. The third-order valence-corrected chi connectivity index (χ3v) is 4.83. The van der Waals surface area contributed by atoms with E-state index in [1.165, 1.54) is 12.8 Å². The van der Waals surface area contributed by atoms with Crippen molar-refractivity contribution in [1.82, 2.24) is 0 Å². The number of rotatable bonds is 10. The molecule has 0 aromatic carbocycles. The van der Waals surface area contributed by atoms with Gasteiger partial charge in [0.2, 0.25) is 0 Å². The standard InChI is InChI=1S/C18H32O3/c1-7-18(5,6)16-10-15(16)9-14(11-20-8-2)12-21-17(19)13(3)4/h14-16H,3,7-12H2,1-2,4-6H3. The Morgan fingerprint density at radius 2 is 2.00 bits per heavy atom. The zero-order chi connectivity index (χ0) is 16.0. The minimum atomic E-state index is -0.294. The van der Waals surface area contributed by atoms with E-state index in [0.717, 1.165) is 18.3 Å². The van der Waals surface area contributed by atoms with Gasteiger partial charge in [-0.15, -0.1) is 0 Å². The number of hydrogen-bond acceptors (Lipinski definition) is 3. The number of carbonyl (C=O) groups is 1. The molecule has 3 atom stereocenters. The highest BCUT2D eigenvalue weighted by Gasteiger charge is 2.46. The van der Waals surface area contributed by atoms with E-state index in [4.69, 9.17) is 9.47 Å². The molecular weight excluding hydrogens is 264 g/mol. The van der Waals surface area contributed by atoms with Crippen LogP contribution in [-0.4, -0.2) is 25.8 Å². The minimum absolute atomic E-state index is 0.294. The number of hydrogen-bond donors (Lipinski definition) is 0. The first kappa shape index (κ1) is 18.2. The van der Waals surface area contributed by atoms with E-state index in [2.05, 4.69) is 27.4 Å². The van der Waals surface area contributed by atoms with Crippen LogP contribution in [0.1, 0.15) is 53.9 Å². The smallest absolute Gasteiger partial charge is 0.333 e. The van der Waals surface area contributed by atoms with Crippen LogP contribution in [0, 0.1) is 23.2 Å². The lowest BCUT2D eigenvalue weighted by atomic mass is 9.82. The maximum Gasteiger partial charge on any atom is 0.333 e. The maximum absolute atomic E-state index is 11.5. The average molecular weight is 296 g/mol. The van der Waals surface area contributed by atoms with Gasteiger partial charge in [0.15, 0.2) is 0 Å². The molecule has 0 aliphatic heterocycles. The zero-order valence-electron chi connectivity index (χ0n) is 14.4. The number of esters is 1. The second kappa shape index (κ2) is 7.98. The lowest BCUT2D eigenvalue weighted by Crippen LogP contribution is -2.21. The summed E-state index contributed by atoms with van der Waals surface area (Å²) in [6.07, 6.45) is 3.62. The van der Waals surface area contributed by atoms with Gasteiger partial charge in [-0.05, 0) is 43.9 Å². The van der Waals surface area contributed by atoms with Crippen LogP contribution in [0.5, 0.6) is 0 Å². The molecule has 0 radical (unpaired) electrons. The molecule has 0 aromatic heterocycles. The van der Waals surface area contributed by atoms with Crippen molar-refractivity contribution in [2.24, 2.45) is 23.2 Å². The van der Waals surface area contributed by atoms with Crippen molar-refractivity contribution in [2.45, 2.75) is 53.9 Å². The molecule has 0 saturated heterocycles. The van der Waals surface area contributed by atoms with Crippen molar-refractivity contribution in [3.05, 3.63) is 12.2 Å². The summed E-state index contributed by atoms with van der Waals surface area (Å²) in [6, 6.07) is 0. The lowest BCUT2D eigenvalue weighted by Gasteiger charge is -2.24. The summed E-state index contributed by atoms with van der Waals surface area (Å²) < 4.78 is 10.9. The highest BCUT2D eigenvalue weighted by atomic mass is 16.5. The van der Waals surface area contributed by atoms with Gasteiger partial charge in [-0.1, -0.05) is 33.8 Å². The Labute approximate surface area is 130 Å². The summed E-state index contributed by atoms with van der Waals surface area (Å²) >= 11 is 0. The van der Waals surface area contributed by atoms with Gasteiger partial charge in [0, 0.05) is 18.1 Å². The number of carbonyl (C=O) groups excluding carboxylic acids is 1. The fourth-order valence-electron chi connectivity index (χ4n) is 2.94. The largest absolute Gasteiger partial charge is 0.462 e. The van der Waals surface area contributed by atoms with Crippen LogP contribution in [0.4, 0.5) is 0 Å². The van der Waals surface area contributed by atoms with Gasteiger partial charge >= 0.3 is 5.97 Å². The molecule has 0 aromatic rings. The van der Waals surface area contributed by atoms with Crippen molar-refractivity contribution in [1.29, 1.82) is 0 Å². The fraction of sp³-hybridized carbons (Fsp3) is 0.833. The molecule has 21 heavy (non-hydrogen) atoms. The van der Waals surface area contributed by atoms with Gasteiger partial charge < -0.3 is 9.47 Å². The monoisotopic (exact) mass is 296 g/mol. The molecule has 1 fully saturated rings. The van der Waals surface area contributed by atoms with Crippen LogP contribution in [0.15, 0.2) is 12.2 Å².